The molecule has 0 atom stereocenters. The fourth-order valence-electron chi connectivity index (χ4n) is 2.57. The summed E-state index contributed by atoms with van der Waals surface area (Å²) in [6.07, 6.45) is 1.81. The number of morpholine rings is 1. The largest absolute Gasteiger partial charge is 0.379 e. The SMILES string of the molecule is CN(C)C(=O)c1nc2ccc(Cl)cn2c1CN1CCOCC1. The number of carbonyl (C=O) groups excluding carboxylic acids is 1. The summed E-state index contributed by atoms with van der Waals surface area (Å²) < 4.78 is 7.29. The minimum Gasteiger partial charge on any atom is -0.379 e. The van der Waals surface area contributed by atoms with E-state index >= 15 is 0 Å². The molecule has 0 aliphatic carbocycles. The van der Waals surface area contributed by atoms with Gasteiger partial charge in [0.15, 0.2) is 5.69 Å². The van der Waals surface area contributed by atoms with E-state index < -0.39 is 0 Å². The highest BCUT2D eigenvalue weighted by Gasteiger charge is 2.23. The highest BCUT2D eigenvalue weighted by molar-refractivity contribution is 6.30. The Morgan fingerprint density at radius 1 is 1.36 bits per heavy atom. The summed E-state index contributed by atoms with van der Waals surface area (Å²) in [6, 6.07) is 3.61. The number of fused-ring (bicyclic) bond motifs is 1. The molecule has 1 fully saturated rings. The second-order valence-corrected chi connectivity index (χ2v) is 6.01. The molecule has 0 unspecified atom stereocenters. The average molecular weight is 323 g/mol. The lowest BCUT2D eigenvalue weighted by Crippen LogP contribution is -2.36. The van der Waals surface area contributed by atoms with E-state index in [0.29, 0.717) is 30.5 Å². The van der Waals surface area contributed by atoms with E-state index in [9.17, 15) is 4.79 Å². The number of amides is 1. The van der Waals surface area contributed by atoms with E-state index in [4.69, 9.17) is 16.3 Å². The maximum Gasteiger partial charge on any atom is 0.273 e. The van der Waals surface area contributed by atoms with Gasteiger partial charge in [0.05, 0.1) is 23.9 Å². The summed E-state index contributed by atoms with van der Waals surface area (Å²) >= 11 is 6.11. The predicted molar refractivity (Wildman–Crippen MR) is 84.3 cm³/mol. The molecule has 3 rings (SSSR count). The van der Waals surface area contributed by atoms with Gasteiger partial charge in [0.1, 0.15) is 5.65 Å². The topological polar surface area (TPSA) is 50.1 Å². The summed E-state index contributed by atoms with van der Waals surface area (Å²) in [5.74, 6) is -0.0944. The van der Waals surface area contributed by atoms with Crippen LogP contribution in [0.4, 0.5) is 0 Å². The molecule has 6 nitrogen and oxygen atoms in total. The molecule has 2 aromatic rings. The Balaban J connectivity index is 2.04. The average Bonchev–Trinajstić information content (AvgIpc) is 2.85. The molecule has 7 heteroatoms. The number of halogens is 1. The Labute approximate surface area is 134 Å². The zero-order valence-corrected chi connectivity index (χ0v) is 13.5. The van der Waals surface area contributed by atoms with E-state index in [1.54, 1.807) is 25.1 Å². The highest BCUT2D eigenvalue weighted by atomic mass is 35.5. The number of rotatable bonds is 3. The van der Waals surface area contributed by atoms with Crippen molar-refractivity contribution in [2.24, 2.45) is 0 Å². The molecule has 1 saturated heterocycles. The van der Waals surface area contributed by atoms with Crippen LogP contribution in [0.25, 0.3) is 5.65 Å². The van der Waals surface area contributed by atoms with Crippen LogP contribution >= 0.6 is 11.6 Å². The van der Waals surface area contributed by atoms with Crippen molar-refractivity contribution in [3.8, 4) is 0 Å². The van der Waals surface area contributed by atoms with Crippen LogP contribution in [0.1, 0.15) is 16.2 Å². The number of hydrogen-bond acceptors (Lipinski definition) is 4. The third-order valence-electron chi connectivity index (χ3n) is 3.77. The number of pyridine rings is 1. The van der Waals surface area contributed by atoms with Crippen LogP contribution in [-0.2, 0) is 11.3 Å². The maximum atomic E-state index is 12.4. The molecule has 0 bridgehead atoms. The molecular weight excluding hydrogens is 304 g/mol. The Morgan fingerprint density at radius 3 is 2.77 bits per heavy atom. The monoisotopic (exact) mass is 322 g/mol. The maximum absolute atomic E-state index is 12.4. The van der Waals surface area contributed by atoms with Gasteiger partial charge in [0.25, 0.3) is 5.91 Å². The van der Waals surface area contributed by atoms with E-state index in [0.717, 1.165) is 24.4 Å². The van der Waals surface area contributed by atoms with Gasteiger partial charge in [-0.2, -0.15) is 0 Å². The zero-order valence-electron chi connectivity index (χ0n) is 12.8. The van der Waals surface area contributed by atoms with E-state index in [-0.39, 0.29) is 5.91 Å². The van der Waals surface area contributed by atoms with Gasteiger partial charge in [-0.3, -0.25) is 9.69 Å². The van der Waals surface area contributed by atoms with Gasteiger partial charge in [0, 0.05) is 39.9 Å². The van der Waals surface area contributed by atoms with Gasteiger partial charge in [-0.25, -0.2) is 4.98 Å². The molecule has 0 saturated carbocycles. The molecular formula is C15H19ClN4O2. The Bertz CT molecular complexity index is 692. The summed E-state index contributed by atoms with van der Waals surface area (Å²) in [5, 5.41) is 0.622. The van der Waals surface area contributed by atoms with Gasteiger partial charge < -0.3 is 14.0 Å². The number of imidazole rings is 1. The zero-order chi connectivity index (χ0) is 15.7. The lowest BCUT2D eigenvalue weighted by molar-refractivity contribution is 0.0333. The van der Waals surface area contributed by atoms with E-state index in [2.05, 4.69) is 9.88 Å². The lowest BCUT2D eigenvalue weighted by Gasteiger charge is -2.26. The molecule has 22 heavy (non-hydrogen) atoms. The molecule has 0 radical (unpaired) electrons. The van der Waals surface area contributed by atoms with E-state index in [1.807, 2.05) is 16.7 Å². The van der Waals surface area contributed by atoms with Crippen LogP contribution in [-0.4, -0.2) is 65.5 Å². The molecule has 1 aliphatic heterocycles. The van der Waals surface area contributed by atoms with Gasteiger partial charge in [-0.1, -0.05) is 11.6 Å². The number of ether oxygens (including phenoxy) is 1. The quantitative estimate of drug-likeness (QED) is 0.860. The van der Waals surface area contributed by atoms with Crippen molar-refractivity contribution in [2.45, 2.75) is 6.54 Å². The molecule has 1 amide bonds. The standard InChI is InChI=1S/C15H19ClN4O2/c1-18(2)15(21)14-12(10-19-5-7-22-8-6-19)20-9-11(16)3-4-13(20)17-14/h3-4,9H,5-8,10H2,1-2H3. The van der Waals surface area contributed by atoms with Crippen molar-refractivity contribution in [3.05, 3.63) is 34.7 Å². The van der Waals surface area contributed by atoms with Gasteiger partial charge in [-0.05, 0) is 12.1 Å². The number of carbonyl (C=O) groups is 1. The van der Waals surface area contributed by atoms with Gasteiger partial charge in [0.2, 0.25) is 0 Å². The first-order chi connectivity index (χ1) is 10.6. The minimum absolute atomic E-state index is 0.0944. The smallest absolute Gasteiger partial charge is 0.273 e. The molecule has 0 spiro atoms. The molecule has 0 N–H and O–H groups in total. The van der Waals surface area contributed by atoms with Gasteiger partial charge in [-0.15, -0.1) is 0 Å². The molecule has 0 aromatic carbocycles. The Hall–Kier alpha value is -1.63. The van der Waals surface area contributed by atoms with Crippen molar-refractivity contribution in [1.29, 1.82) is 0 Å². The fraction of sp³-hybridized carbons (Fsp3) is 0.467. The molecule has 118 valence electrons. The summed E-state index contributed by atoms with van der Waals surface area (Å²) in [6.45, 7) is 3.79. The number of aromatic nitrogens is 2. The van der Waals surface area contributed by atoms with Crippen molar-refractivity contribution < 1.29 is 9.53 Å². The second-order valence-electron chi connectivity index (χ2n) is 5.57. The Kier molecular flexibility index (Phi) is 4.33. The van der Waals surface area contributed by atoms with Crippen LogP contribution in [0, 0.1) is 0 Å². The fourth-order valence-corrected chi connectivity index (χ4v) is 2.73. The number of nitrogens with zero attached hydrogens (tertiary/aromatic N) is 4. The second kappa shape index (κ2) is 6.24. The molecule has 2 aromatic heterocycles. The van der Waals surface area contributed by atoms with Gasteiger partial charge >= 0.3 is 0 Å². The summed E-state index contributed by atoms with van der Waals surface area (Å²) in [7, 11) is 3.47. The van der Waals surface area contributed by atoms with Crippen molar-refractivity contribution in [3.63, 3.8) is 0 Å². The normalized spacial score (nSPS) is 16.1. The summed E-state index contributed by atoms with van der Waals surface area (Å²) in [4.78, 5) is 20.7. The van der Waals surface area contributed by atoms with Crippen molar-refractivity contribution in [1.82, 2.24) is 19.2 Å². The third kappa shape index (κ3) is 2.95. The highest BCUT2D eigenvalue weighted by Crippen LogP contribution is 2.19. The minimum atomic E-state index is -0.0944. The Morgan fingerprint density at radius 2 is 2.09 bits per heavy atom. The molecule has 1 aliphatic rings. The third-order valence-corrected chi connectivity index (χ3v) is 3.99. The first-order valence-corrected chi connectivity index (χ1v) is 7.62. The number of hydrogen-bond donors (Lipinski definition) is 0. The first-order valence-electron chi connectivity index (χ1n) is 7.24. The summed E-state index contributed by atoms with van der Waals surface area (Å²) in [5.41, 5.74) is 2.09. The van der Waals surface area contributed by atoms with Crippen LogP contribution in [0.3, 0.4) is 0 Å². The van der Waals surface area contributed by atoms with Crippen LogP contribution in [0.2, 0.25) is 5.02 Å². The van der Waals surface area contributed by atoms with E-state index in [1.165, 1.54) is 0 Å². The van der Waals surface area contributed by atoms with Crippen LogP contribution in [0.15, 0.2) is 18.3 Å². The predicted octanol–water partition coefficient (Wildman–Crippen LogP) is 1.52. The molecule has 3 heterocycles. The van der Waals surface area contributed by atoms with Crippen LogP contribution < -0.4 is 0 Å². The lowest BCUT2D eigenvalue weighted by atomic mass is 10.2. The van der Waals surface area contributed by atoms with Crippen molar-refractivity contribution >= 4 is 23.2 Å². The van der Waals surface area contributed by atoms with Crippen LogP contribution in [0.5, 0.6) is 0 Å². The van der Waals surface area contributed by atoms with Crippen molar-refractivity contribution in [2.75, 3.05) is 40.4 Å². The first kappa shape index (κ1) is 15.3.